The number of hydrogen-bond donors (Lipinski definition) is 4. The van der Waals surface area contributed by atoms with Gasteiger partial charge in [-0.1, -0.05) is 0 Å². The molecule has 2 fully saturated rings. The Morgan fingerprint density at radius 3 is 2.96 bits per heavy atom. The normalized spacial score (nSPS) is 22.4. The minimum absolute atomic E-state index is 0.148. The van der Waals surface area contributed by atoms with Crippen LogP contribution < -0.4 is 15.5 Å². The van der Waals surface area contributed by atoms with Gasteiger partial charge in [-0.05, 0) is 41.6 Å². The van der Waals surface area contributed by atoms with Crippen LogP contribution in [0.1, 0.15) is 25.7 Å². The lowest BCUT2D eigenvalue weighted by Crippen LogP contribution is -2.47. The number of fused-ring (bicyclic) bond motifs is 1. The molecule has 9 nitrogen and oxygen atoms in total. The molecule has 0 aromatic carbocycles. The molecular formula is C18H22BrN5O4. The van der Waals surface area contributed by atoms with E-state index in [0.29, 0.717) is 24.5 Å². The highest BCUT2D eigenvalue weighted by Crippen LogP contribution is 2.39. The zero-order valence-corrected chi connectivity index (χ0v) is 16.8. The summed E-state index contributed by atoms with van der Waals surface area (Å²) >= 11 is 3.58. The fraction of sp³-hybridized carbons (Fsp3) is 0.500. The van der Waals surface area contributed by atoms with Crippen LogP contribution in [0.3, 0.4) is 0 Å². The molecule has 2 aromatic rings. The fourth-order valence-corrected chi connectivity index (χ4v) is 4.49. The molecule has 1 unspecified atom stereocenters. The maximum Gasteiger partial charge on any atom is 0.404 e. The van der Waals surface area contributed by atoms with Crippen LogP contribution in [0.15, 0.2) is 16.9 Å². The summed E-state index contributed by atoms with van der Waals surface area (Å²) in [5.74, 6) is -0.159. The molecule has 10 heteroatoms. The molecule has 2 aliphatic heterocycles. The van der Waals surface area contributed by atoms with Gasteiger partial charge in [0.05, 0.1) is 21.2 Å². The molecule has 2 saturated heterocycles. The number of nitrogens with zero attached hydrogens (tertiary/aromatic N) is 2. The van der Waals surface area contributed by atoms with E-state index in [1.54, 1.807) is 12.4 Å². The Hall–Kier alpha value is -2.33. The maximum atomic E-state index is 12.5. The van der Waals surface area contributed by atoms with Crippen LogP contribution in [-0.2, 0) is 9.53 Å². The number of aromatic amines is 1. The molecule has 2 aliphatic rings. The SMILES string of the molecule is O=C(O)N[C@@H]1CCCN(c2c(Br)cnc3[nH]cc(NC(=O)C4CCCO4)c23)C1. The Morgan fingerprint density at radius 1 is 1.36 bits per heavy atom. The van der Waals surface area contributed by atoms with Crippen molar-refractivity contribution in [1.82, 2.24) is 15.3 Å². The van der Waals surface area contributed by atoms with Gasteiger partial charge < -0.3 is 30.4 Å². The molecule has 28 heavy (non-hydrogen) atoms. The van der Waals surface area contributed by atoms with E-state index in [2.05, 4.69) is 41.4 Å². The van der Waals surface area contributed by atoms with E-state index >= 15 is 0 Å². The predicted molar refractivity (Wildman–Crippen MR) is 108 cm³/mol. The number of hydrogen-bond acceptors (Lipinski definition) is 5. The summed E-state index contributed by atoms with van der Waals surface area (Å²) in [6.07, 6.45) is 5.27. The number of aromatic nitrogens is 2. The highest BCUT2D eigenvalue weighted by Gasteiger charge is 2.28. The summed E-state index contributed by atoms with van der Waals surface area (Å²) < 4.78 is 6.27. The van der Waals surface area contributed by atoms with E-state index in [-0.39, 0.29) is 11.9 Å². The van der Waals surface area contributed by atoms with Gasteiger partial charge in [0.2, 0.25) is 0 Å². The van der Waals surface area contributed by atoms with Crippen molar-refractivity contribution in [2.45, 2.75) is 37.8 Å². The Kier molecular flexibility index (Phi) is 5.40. The first-order valence-electron chi connectivity index (χ1n) is 9.35. The van der Waals surface area contributed by atoms with E-state index in [9.17, 15) is 9.59 Å². The van der Waals surface area contributed by atoms with Gasteiger partial charge in [-0.2, -0.15) is 0 Å². The molecule has 4 N–H and O–H groups in total. The minimum Gasteiger partial charge on any atom is -0.465 e. The van der Waals surface area contributed by atoms with Gasteiger partial charge in [-0.3, -0.25) is 4.79 Å². The van der Waals surface area contributed by atoms with Crippen LogP contribution >= 0.6 is 15.9 Å². The molecule has 2 amide bonds. The molecule has 0 saturated carbocycles. The van der Waals surface area contributed by atoms with E-state index < -0.39 is 12.2 Å². The summed E-state index contributed by atoms with van der Waals surface area (Å²) in [4.78, 5) is 33.2. The molecule has 4 heterocycles. The highest BCUT2D eigenvalue weighted by atomic mass is 79.9. The van der Waals surface area contributed by atoms with Crippen molar-refractivity contribution in [2.24, 2.45) is 0 Å². The second-order valence-corrected chi connectivity index (χ2v) is 7.96. The summed E-state index contributed by atoms with van der Waals surface area (Å²) in [6.45, 7) is 1.95. The third-order valence-corrected chi connectivity index (χ3v) is 5.75. The lowest BCUT2D eigenvalue weighted by Gasteiger charge is -2.35. The highest BCUT2D eigenvalue weighted by molar-refractivity contribution is 9.10. The second kappa shape index (κ2) is 7.96. The number of H-pyrrole nitrogens is 1. The van der Waals surface area contributed by atoms with Crippen molar-refractivity contribution in [2.75, 3.05) is 29.9 Å². The molecule has 4 rings (SSSR count). The van der Waals surface area contributed by atoms with Gasteiger partial charge in [0.25, 0.3) is 5.91 Å². The van der Waals surface area contributed by atoms with Gasteiger partial charge in [0.15, 0.2) is 0 Å². The number of pyridine rings is 1. The molecule has 0 bridgehead atoms. The van der Waals surface area contributed by atoms with Gasteiger partial charge in [0, 0.05) is 38.1 Å². The van der Waals surface area contributed by atoms with Crippen molar-refractivity contribution in [3.8, 4) is 0 Å². The number of halogens is 1. The first-order valence-corrected chi connectivity index (χ1v) is 10.1. The molecule has 0 radical (unpaired) electrons. The van der Waals surface area contributed by atoms with Crippen LogP contribution in [-0.4, -0.2) is 58.9 Å². The number of carboxylic acid groups (broad SMARTS) is 1. The third-order valence-electron chi connectivity index (χ3n) is 5.17. The number of ether oxygens (including phenoxy) is 1. The van der Waals surface area contributed by atoms with Gasteiger partial charge >= 0.3 is 6.09 Å². The molecule has 150 valence electrons. The van der Waals surface area contributed by atoms with E-state index in [1.165, 1.54) is 0 Å². The van der Waals surface area contributed by atoms with Crippen LogP contribution in [0.25, 0.3) is 11.0 Å². The minimum atomic E-state index is -1.02. The van der Waals surface area contributed by atoms with Crippen molar-refractivity contribution in [3.63, 3.8) is 0 Å². The Labute approximate surface area is 170 Å². The Balaban J connectivity index is 1.65. The number of carbonyl (C=O) groups excluding carboxylic acids is 1. The van der Waals surface area contributed by atoms with E-state index in [0.717, 1.165) is 47.8 Å². The van der Waals surface area contributed by atoms with E-state index in [4.69, 9.17) is 9.84 Å². The van der Waals surface area contributed by atoms with Crippen molar-refractivity contribution >= 4 is 50.3 Å². The summed E-state index contributed by atoms with van der Waals surface area (Å²) in [5.41, 5.74) is 2.20. The number of piperidine rings is 1. The van der Waals surface area contributed by atoms with Crippen LogP contribution in [0.2, 0.25) is 0 Å². The average molecular weight is 452 g/mol. The molecular weight excluding hydrogens is 430 g/mol. The standard InChI is InChI=1S/C18H22BrN5O4/c19-11-7-20-16-14(12(8-21-16)23-17(25)13-4-2-6-28-13)15(11)24-5-1-3-10(9-24)22-18(26)27/h7-8,10,13,22H,1-6,9H2,(H,20,21)(H,23,25)(H,26,27)/t10-,13?/m1/s1. The smallest absolute Gasteiger partial charge is 0.404 e. The molecule has 2 atom stereocenters. The topological polar surface area (TPSA) is 120 Å². The van der Waals surface area contributed by atoms with E-state index in [1.807, 2.05) is 0 Å². The van der Waals surface area contributed by atoms with Gasteiger partial charge in [-0.15, -0.1) is 0 Å². The predicted octanol–water partition coefficient (Wildman–Crippen LogP) is 2.68. The number of anilines is 2. The third kappa shape index (κ3) is 3.79. The lowest BCUT2D eigenvalue weighted by atomic mass is 10.0. The van der Waals surface area contributed by atoms with Gasteiger partial charge in [0.1, 0.15) is 11.8 Å². The van der Waals surface area contributed by atoms with Crippen molar-refractivity contribution < 1.29 is 19.4 Å². The number of amides is 2. The number of carbonyl (C=O) groups is 2. The quantitative estimate of drug-likeness (QED) is 0.567. The average Bonchev–Trinajstić information content (AvgIpc) is 3.32. The zero-order valence-electron chi connectivity index (χ0n) is 15.2. The summed E-state index contributed by atoms with van der Waals surface area (Å²) in [5, 5.41) is 15.4. The van der Waals surface area contributed by atoms with Crippen LogP contribution in [0, 0.1) is 0 Å². The number of nitrogens with one attached hydrogen (secondary N) is 3. The lowest BCUT2D eigenvalue weighted by molar-refractivity contribution is -0.124. The Morgan fingerprint density at radius 2 is 2.21 bits per heavy atom. The zero-order chi connectivity index (χ0) is 19.7. The van der Waals surface area contributed by atoms with Gasteiger partial charge in [-0.25, -0.2) is 9.78 Å². The molecule has 2 aromatic heterocycles. The van der Waals surface area contributed by atoms with Crippen molar-refractivity contribution in [3.05, 3.63) is 16.9 Å². The van der Waals surface area contributed by atoms with Crippen LogP contribution in [0.4, 0.5) is 16.2 Å². The summed E-state index contributed by atoms with van der Waals surface area (Å²) in [6, 6.07) is -0.148. The monoisotopic (exact) mass is 451 g/mol. The maximum absolute atomic E-state index is 12.5. The molecule has 0 spiro atoms. The van der Waals surface area contributed by atoms with Crippen molar-refractivity contribution in [1.29, 1.82) is 0 Å². The summed E-state index contributed by atoms with van der Waals surface area (Å²) in [7, 11) is 0. The van der Waals surface area contributed by atoms with Crippen LogP contribution in [0.5, 0.6) is 0 Å². The molecule has 0 aliphatic carbocycles. The largest absolute Gasteiger partial charge is 0.465 e. The second-order valence-electron chi connectivity index (χ2n) is 7.11. The first kappa shape index (κ1) is 19.0. The first-order chi connectivity index (χ1) is 13.5. The Bertz CT molecular complexity index is 895. The fourth-order valence-electron chi connectivity index (χ4n) is 3.93. The number of rotatable bonds is 4.